The van der Waals surface area contributed by atoms with Gasteiger partial charge in [0.05, 0.1) is 12.1 Å². The zero-order valence-corrected chi connectivity index (χ0v) is 16.9. The second-order valence-electron chi connectivity index (χ2n) is 7.82. The molecule has 30 heavy (non-hydrogen) atoms. The van der Waals surface area contributed by atoms with Crippen LogP contribution < -0.4 is 10.6 Å². The Labute approximate surface area is 174 Å². The monoisotopic (exact) mass is 416 g/mol. The second-order valence-corrected chi connectivity index (χ2v) is 7.82. The van der Waals surface area contributed by atoms with Gasteiger partial charge in [-0.15, -0.1) is 0 Å². The van der Waals surface area contributed by atoms with Crippen molar-refractivity contribution in [2.24, 2.45) is 11.8 Å². The molecule has 0 bridgehead atoms. The smallest absolute Gasteiger partial charge is 0.331 e. The van der Waals surface area contributed by atoms with Crippen molar-refractivity contribution in [2.75, 3.05) is 13.2 Å². The first kappa shape index (κ1) is 22.9. The van der Waals surface area contributed by atoms with Crippen molar-refractivity contribution in [1.29, 1.82) is 10.5 Å². The van der Waals surface area contributed by atoms with Crippen LogP contribution in [0.1, 0.15) is 39.5 Å². The van der Waals surface area contributed by atoms with E-state index in [2.05, 4.69) is 22.8 Å². The molecule has 0 aromatic rings. The first-order valence-electron chi connectivity index (χ1n) is 9.58. The first-order valence-corrected chi connectivity index (χ1v) is 9.58. The molecule has 0 aliphatic heterocycles. The average molecular weight is 416 g/mol. The van der Waals surface area contributed by atoms with E-state index in [1.165, 1.54) is 0 Å². The summed E-state index contributed by atoms with van der Waals surface area (Å²) in [6.45, 7) is 2.03. The molecule has 0 aromatic heterocycles. The number of nitriles is 2. The molecule has 2 aliphatic carbocycles. The van der Waals surface area contributed by atoms with Crippen LogP contribution in [-0.4, -0.2) is 48.0 Å². The second kappa shape index (κ2) is 9.40. The summed E-state index contributed by atoms with van der Waals surface area (Å²) in [5.41, 5.74) is -1.99. The molecule has 0 saturated heterocycles. The molecule has 10 heteroatoms. The Hall–Kier alpha value is -3.40. The molecule has 2 fully saturated rings. The zero-order chi connectivity index (χ0) is 22.4. The number of ether oxygens (including phenoxy) is 2. The van der Waals surface area contributed by atoms with E-state index in [-0.39, 0.29) is 11.8 Å². The van der Waals surface area contributed by atoms with Crippen LogP contribution in [0.2, 0.25) is 0 Å². The maximum Gasteiger partial charge on any atom is 0.331 e. The van der Waals surface area contributed by atoms with Gasteiger partial charge in [-0.2, -0.15) is 10.5 Å². The van der Waals surface area contributed by atoms with Crippen LogP contribution in [0.15, 0.2) is 12.2 Å². The molecule has 10 nitrogen and oxygen atoms in total. The lowest BCUT2D eigenvalue weighted by atomic mass is 9.98. The van der Waals surface area contributed by atoms with Gasteiger partial charge in [0.1, 0.15) is 11.1 Å². The molecule has 2 N–H and O–H groups in total. The van der Waals surface area contributed by atoms with Gasteiger partial charge in [-0.1, -0.05) is 0 Å². The first-order chi connectivity index (χ1) is 14.1. The predicted octanol–water partition coefficient (Wildman–Crippen LogP) is 0.246. The topological polar surface area (TPSA) is 158 Å². The van der Waals surface area contributed by atoms with Gasteiger partial charge in [0.15, 0.2) is 13.2 Å². The number of hydrogen-bond acceptors (Lipinski definition) is 8. The van der Waals surface area contributed by atoms with Crippen LogP contribution >= 0.6 is 0 Å². The third kappa shape index (κ3) is 6.59. The van der Waals surface area contributed by atoms with E-state index in [0.717, 1.165) is 37.8 Å². The summed E-state index contributed by atoms with van der Waals surface area (Å²) < 4.78 is 9.43. The van der Waals surface area contributed by atoms with E-state index in [1.807, 2.05) is 0 Å². The number of carbonyl (C=O) groups is 4. The van der Waals surface area contributed by atoms with E-state index in [1.54, 1.807) is 13.8 Å². The summed E-state index contributed by atoms with van der Waals surface area (Å²) in [4.78, 5) is 46.9. The molecule has 2 saturated carbocycles. The fourth-order valence-electron chi connectivity index (χ4n) is 2.92. The van der Waals surface area contributed by atoms with Gasteiger partial charge < -0.3 is 20.1 Å². The van der Waals surface area contributed by atoms with Gasteiger partial charge in [0.2, 0.25) is 0 Å². The van der Waals surface area contributed by atoms with Gasteiger partial charge in [0, 0.05) is 12.2 Å². The lowest BCUT2D eigenvalue weighted by molar-refractivity contribution is -0.145. The fraction of sp³-hybridized carbons (Fsp3) is 0.600. The van der Waals surface area contributed by atoms with E-state index in [4.69, 9.17) is 9.47 Å². The van der Waals surface area contributed by atoms with Crippen LogP contribution in [0, 0.1) is 34.5 Å². The van der Waals surface area contributed by atoms with Gasteiger partial charge in [-0.3, -0.25) is 9.59 Å². The Morgan fingerprint density at radius 3 is 1.43 bits per heavy atom. The van der Waals surface area contributed by atoms with E-state index >= 15 is 0 Å². The molecule has 2 rings (SSSR count). The fourth-order valence-corrected chi connectivity index (χ4v) is 2.92. The Bertz CT molecular complexity index is 765. The standard InChI is InChI=1S/C20H24N4O6/c1-19(11-21,13-3-4-13)23-15(25)9-29-17(27)7-8-18(28)30-10-16(26)24-20(2,12-22)14-5-6-14/h7-8,13-14H,3-6,9-10H2,1-2H3,(H,23,25)(H,24,26)/b8-7+/t19-,20+. The maximum atomic E-state index is 11.8. The average Bonchev–Trinajstić information content (AvgIpc) is 3.59. The number of amides is 2. The Morgan fingerprint density at radius 2 is 1.17 bits per heavy atom. The molecule has 2 atom stereocenters. The van der Waals surface area contributed by atoms with E-state index in [0.29, 0.717) is 0 Å². The molecular formula is C20H24N4O6. The zero-order valence-electron chi connectivity index (χ0n) is 16.9. The number of rotatable bonds is 10. The molecule has 0 spiro atoms. The summed E-state index contributed by atoms with van der Waals surface area (Å²) in [5, 5.41) is 23.4. The van der Waals surface area contributed by atoms with Crippen LogP contribution in [0.25, 0.3) is 0 Å². The lowest BCUT2D eigenvalue weighted by Crippen LogP contribution is -2.48. The van der Waals surface area contributed by atoms with Crippen molar-refractivity contribution < 1.29 is 28.7 Å². The highest BCUT2D eigenvalue weighted by molar-refractivity contribution is 5.93. The Kier molecular flexibility index (Phi) is 7.17. The highest BCUT2D eigenvalue weighted by Gasteiger charge is 2.43. The van der Waals surface area contributed by atoms with Crippen molar-refractivity contribution in [3.8, 4) is 12.1 Å². The minimum atomic E-state index is -0.995. The summed E-state index contributed by atoms with van der Waals surface area (Å²) >= 11 is 0. The van der Waals surface area contributed by atoms with Gasteiger partial charge in [-0.25, -0.2) is 9.59 Å². The Morgan fingerprint density at radius 1 is 0.833 bits per heavy atom. The summed E-state index contributed by atoms with van der Waals surface area (Å²) in [6, 6.07) is 4.10. The van der Waals surface area contributed by atoms with Crippen LogP contribution in [-0.2, 0) is 28.7 Å². The normalized spacial score (nSPS) is 19.3. The van der Waals surface area contributed by atoms with Crippen LogP contribution in [0.3, 0.4) is 0 Å². The molecule has 0 heterocycles. The minimum absolute atomic E-state index is 0.0873. The third-order valence-corrected chi connectivity index (χ3v) is 5.10. The molecule has 0 aromatic carbocycles. The lowest BCUT2D eigenvalue weighted by Gasteiger charge is -2.22. The quantitative estimate of drug-likeness (QED) is 0.379. The van der Waals surface area contributed by atoms with Crippen LogP contribution in [0.4, 0.5) is 0 Å². The number of nitrogens with zero attached hydrogens (tertiary/aromatic N) is 2. The number of hydrogen-bond donors (Lipinski definition) is 2. The summed E-state index contributed by atoms with van der Waals surface area (Å²) in [5.74, 6) is -2.98. The molecule has 0 unspecified atom stereocenters. The molecule has 160 valence electrons. The largest absolute Gasteiger partial charge is 0.452 e. The van der Waals surface area contributed by atoms with Crippen molar-refractivity contribution in [1.82, 2.24) is 10.6 Å². The third-order valence-electron chi connectivity index (χ3n) is 5.10. The number of nitrogens with one attached hydrogen (secondary N) is 2. The van der Waals surface area contributed by atoms with Gasteiger partial charge in [-0.05, 0) is 51.4 Å². The Balaban J connectivity index is 1.67. The number of carbonyl (C=O) groups excluding carboxylic acids is 4. The molecule has 2 aliphatic rings. The van der Waals surface area contributed by atoms with E-state index in [9.17, 15) is 29.7 Å². The van der Waals surface area contributed by atoms with Gasteiger partial charge in [0.25, 0.3) is 11.8 Å². The molecule has 0 radical (unpaired) electrons. The molecule has 2 amide bonds. The van der Waals surface area contributed by atoms with Crippen molar-refractivity contribution >= 4 is 23.8 Å². The minimum Gasteiger partial charge on any atom is -0.452 e. The summed E-state index contributed by atoms with van der Waals surface area (Å²) in [6.07, 6.45) is 4.93. The van der Waals surface area contributed by atoms with Crippen molar-refractivity contribution in [3.05, 3.63) is 12.2 Å². The summed E-state index contributed by atoms with van der Waals surface area (Å²) in [7, 11) is 0. The van der Waals surface area contributed by atoms with Crippen LogP contribution in [0.5, 0.6) is 0 Å². The van der Waals surface area contributed by atoms with E-state index < -0.39 is 48.0 Å². The van der Waals surface area contributed by atoms with Crippen molar-refractivity contribution in [3.63, 3.8) is 0 Å². The predicted molar refractivity (Wildman–Crippen MR) is 101 cm³/mol. The number of esters is 2. The van der Waals surface area contributed by atoms with Crippen molar-refractivity contribution in [2.45, 2.75) is 50.6 Å². The maximum absolute atomic E-state index is 11.8. The van der Waals surface area contributed by atoms with Gasteiger partial charge >= 0.3 is 11.9 Å². The highest BCUT2D eigenvalue weighted by Crippen LogP contribution is 2.39. The SMILES string of the molecule is C[C@](C#N)(NC(=O)COC(=O)/C=C/C(=O)OCC(=O)N[C@@](C)(C#N)C1CC1)C1CC1. The highest BCUT2D eigenvalue weighted by atomic mass is 16.5. The molecular weight excluding hydrogens is 392 g/mol.